The van der Waals surface area contributed by atoms with Gasteiger partial charge >= 0.3 is 0 Å². The number of nitrogen functional groups attached to an aromatic ring is 1. The number of carbonyl (C=O) groups excluding carboxylic acids is 1. The first kappa shape index (κ1) is 16.3. The fourth-order valence-electron chi connectivity index (χ4n) is 1.78. The second kappa shape index (κ2) is 7.36. The molecule has 0 fully saturated rings. The predicted octanol–water partition coefficient (Wildman–Crippen LogP) is 1.39. The van der Waals surface area contributed by atoms with Gasteiger partial charge in [-0.05, 0) is 29.5 Å². The van der Waals surface area contributed by atoms with Crippen LogP contribution in [0.15, 0.2) is 28.6 Å². The normalized spacial score (nSPS) is 10.7. The average molecular weight is 362 g/mol. The van der Waals surface area contributed by atoms with E-state index in [0.29, 0.717) is 21.0 Å². The van der Waals surface area contributed by atoms with E-state index in [1.54, 1.807) is 12.1 Å². The summed E-state index contributed by atoms with van der Waals surface area (Å²) in [6, 6.07) is 7.20. The lowest BCUT2D eigenvalue weighted by molar-refractivity contribution is -0.113. The third kappa shape index (κ3) is 4.06. The van der Waals surface area contributed by atoms with Crippen LogP contribution in [0.3, 0.4) is 0 Å². The molecule has 0 atom stereocenters. The molecule has 24 heavy (non-hydrogen) atoms. The zero-order chi connectivity index (χ0) is 16.9. The van der Waals surface area contributed by atoms with Crippen molar-refractivity contribution in [3.63, 3.8) is 0 Å². The number of anilines is 2. The number of nitrogens with one attached hydrogen (secondary N) is 1. The Morgan fingerprint density at radius 2 is 2.08 bits per heavy atom. The molecular formula is C13H14N8OS2. The van der Waals surface area contributed by atoms with Crippen molar-refractivity contribution >= 4 is 39.8 Å². The molecule has 3 N–H and O–H groups in total. The smallest absolute Gasteiger partial charge is 0.234 e. The summed E-state index contributed by atoms with van der Waals surface area (Å²) in [5, 5.41) is 22.9. The standard InChI is InChI=1S/C13H14N8OS2/c1-2-10-16-20-21(19-10)9-5-3-8(4-6-9)15-11(22)7-23-13-18-17-12(14)24-13/h3-6H,2,7H2,1H3,(H2,14,17)(H,15,22). The molecule has 0 aliphatic carbocycles. The Morgan fingerprint density at radius 1 is 1.29 bits per heavy atom. The summed E-state index contributed by atoms with van der Waals surface area (Å²) in [4.78, 5) is 13.4. The predicted molar refractivity (Wildman–Crippen MR) is 92.2 cm³/mol. The highest BCUT2D eigenvalue weighted by atomic mass is 32.2. The van der Waals surface area contributed by atoms with Crippen LogP contribution < -0.4 is 11.1 Å². The molecule has 0 saturated heterocycles. The molecule has 0 aliphatic rings. The molecule has 1 amide bonds. The molecule has 2 aromatic heterocycles. The summed E-state index contributed by atoms with van der Waals surface area (Å²) >= 11 is 2.55. The molecule has 0 spiro atoms. The highest BCUT2D eigenvalue weighted by molar-refractivity contribution is 8.01. The van der Waals surface area contributed by atoms with Gasteiger partial charge in [-0.2, -0.15) is 0 Å². The lowest BCUT2D eigenvalue weighted by Gasteiger charge is -2.05. The van der Waals surface area contributed by atoms with E-state index < -0.39 is 0 Å². The molecule has 124 valence electrons. The average Bonchev–Trinajstić information content (AvgIpc) is 3.22. The highest BCUT2D eigenvalue weighted by Crippen LogP contribution is 2.23. The van der Waals surface area contributed by atoms with Gasteiger partial charge in [-0.3, -0.25) is 4.79 Å². The summed E-state index contributed by atoms with van der Waals surface area (Å²) in [6.45, 7) is 1.97. The number of nitrogens with zero attached hydrogens (tertiary/aromatic N) is 6. The fraction of sp³-hybridized carbons (Fsp3) is 0.231. The van der Waals surface area contributed by atoms with Gasteiger partial charge in [0.25, 0.3) is 0 Å². The fourth-order valence-corrected chi connectivity index (χ4v) is 3.21. The van der Waals surface area contributed by atoms with Crippen LogP contribution in [0.2, 0.25) is 0 Å². The van der Waals surface area contributed by atoms with Crippen LogP contribution in [0.5, 0.6) is 0 Å². The van der Waals surface area contributed by atoms with Gasteiger partial charge in [0.05, 0.1) is 11.4 Å². The Hall–Kier alpha value is -2.53. The second-order valence-electron chi connectivity index (χ2n) is 4.64. The van der Waals surface area contributed by atoms with E-state index >= 15 is 0 Å². The Morgan fingerprint density at radius 3 is 2.71 bits per heavy atom. The number of hydrogen-bond acceptors (Lipinski definition) is 9. The van der Waals surface area contributed by atoms with Crippen LogP contribution in [0.25, 0.3) is 5.69 Å². The third-order valence-corrected chi connectivity index (χ3v) is 4.79. The van der Waals surface area contributed by atoms with Crippen LogP contribution in [-0.2, 0) is 11.2 Å². The molecule has 11 heteroatoms. The van der Waals surface area contributed by atoms with Gasteiger partial charge in [0.2, 0.25) is 11.0 Å². The van der Waals surface area contributed by atoms with Crippen molar-refractivity contribution < 1.29 is 4.79 Å². The maximum Gasteiger partial charge on any atom is 0.234 e. The van der Waals surface area contributed by atoms with Gasteiger partial charge in [0, 0.05) is 12.1 Å². The molecule has 9 nitrogen and oxygen atoms in total. The number of nitrogens with two attached hydrogens (primary N) is 1. The molecule has 3 aromatic rings. The lowest BCUT2D eigenvalue weighted by Crippen LogP contribution is -2.14. The molecular weight excluding hydrogens is 348 g/mol. The number of amides is 1. The van der Waals surface area contributed by atoms with E-state index in [4.69, 9.17) is 5.73 Å². The Labute approximate surface area is 145 Å². The van der Waals surface area contributed by atoms with Gasteiger partial charge in [0.15, 0.2) is 10.2 Å². The molecule has 2 heterocycles. The number of hydrogen-bond donors (Lipinski definition) is 2. The first-order valence-electron chi connectivity index (χ1n) is 7.05. The van der Waals surface area contributed by atoms with Crippen LogP contribution in [0, 0.1) is 0 Å². The summed E-state index contributed by atoms with van der Waals surface area (Å²) in [6.07, 6.45) is 0.728. The monoisotopic (exact) mass is 362 g/mol. The maximum absolute atomic E-state index is 11.9. The van der Waals surface area contributed by atoms with Crippen molar-refractivity contribution in [1.29, 1.82) is 0 Å². The molecule has 1 aromatic carbocycles. The van der Waals surface area contributed by atoms with Crippen LogP contribution in [-0.4, -0.2) is 42.1 Å². The van der Waals surface area contributed by atoms with Crippen molar-refractivity contribution in [2.45, 2.75) is 17.7 Å². The van der Waals surface area contributed by atoms with Gasteiger partial charge in [0.1, 0.15) is 0 Å². The SMILES string of the molecule is CCc1nnn(-c2ccc(NC(=O)CSc3nnc(N)s3)cc2)n1. The zero-order valence-corrected chi connectivity index (χ0v) is 14.3. The zero-order valence-electron chi connectivity index (χ0n) is 12.7. The van der Waals surface area contributed by atoms with E-state index in [1.807, 2.05) is 19.1 Å². The summed E-state index contributed by atoms with van der Waals surface area (Å²) in [7, 11) is 0. The van der Waals surface area contributed by atoms with Crippen LogP contribution in [0.4, 0.5) is 10.8 Å². The van der Waals surface area contributed by atoms with Crippen LogP contribution in [0.1, 0.15) is 12.7 Å². The van der Waals surface area contributed by atoms with Crippen LogP contribution >= 0.6 is 23.1 Å². The number of thioether (sulfide) groups is 1. The molecule has 0 bridgehead atoms. The Bertz CT molecular complexity index is 829. The largest absolute Gasteiger partial charge is 0.374 e. The number of carbonyl (C=O) groups is 1. The number of tetrazole rings is 1. The van der Waals surface area contributed by atoms with Crippen molar-refractivity contribution in [2.24, 2.45) is 0 Å². The Kier molecular flexibility index (Phi) is 5.01. The number of benzene rings is 1. The minimum Gasteiger partial charge on any atom is -0.374 e. The number of aryl methyl sites for hydroxylation is 1. The Balaban J connectivity index is 1.56. The minimum absolute atomic E-state index is 0.131. The van der Waals surface area contributed by atoms with E-state index in [2.05, 4.69) is 30.9 Å². The second-order valence-corrected chi connectivity index (χ2v) is 6.87. The molecule has 0 aliphatic heterocycles. The van der Waals surface area contributed by atoms with Crippen molar-refractivity contribution in [3.8, 4) is 5.69 Å². The molecule has 0 radical (unpaired) electrons. The molecule has 3 rings (SSSR count). The number of rotatable bonds is 6. The van der Waals surface area contributed by atoms with E-state index in [0.717, 1.165) is 12.1 Å². The van der Waals surface area contributed by atoms with Gasteiger partial charge in [-0.1, -0.05) is 30.0 Å². The van der Waals surface area contributed by atoms with Crippen molar-refractivity contribution in [3.05, 3.63) is 30.1 Å². The third-order valence-electron chi connectivity index (χ3n) is 2.90. The van der Waals surface area contributed by atoms with E-state index in [9.17, 15) is 4.79 Å². The summed E-state index contributed by atoms with van der Waals surface area (Å²) < 4.78 is 0.669. The molecule has 0 unspecified atom stereocenters. The first-order valence-corrected chi connectivity index (χ1v) is 8.85. The highest BCUT2D eigenvalue weighted by Gasteiger charge is 2.08. The van der Waals surface area contributed by atoms with Gasteiger partial charge in [-0.15, -0.1) is 25.2 Å². The van der Waals surface area contributed by atoms with E-state index in [1.165, 1.54) is 27.9 Å². The quantitative estimate of drug-likeness (QED) is 0.630. The first-order chi connectivity index (χ1) is 11.6. The van der Waals surface area contributed by atoms with Crippen molar-refractivity contribution in [1.82, 2.24) is 30.4 Å². The number of aromatic nitrogens is 6. The van der Waals surface area contributed by atoms with Gasteiger partial charge < -0.3 is 11.1 Å². The maximum atomic E-state index is 11.9. The lowest BCUT2D eigenvalue weighted by atomic mass is 10.3. The summed E-state index contributed by atoms with van der Waals surface area (Å²) in [5.41, 5.74) is 6.96. The minimum atomic E-state index is -0.131. The summed E-state index contributed by atoms with van der Waals surface area (Å²) in [5.74, 6) is 0.788. The topological polar surface area (TPSA) is 124 Å². The van der Waals surface area contributed by atoms with E-state index in [-0.39, 0.29) is 11.7 Å². The molecule has 0 saturated carbocycles. The van der Waals surface area contributed by atoms with Gasteiger partial charge in [-0.25, -0.2) is 0 Å². The van der Waals surface area contributed by atoms with Crippen molar-refractivity contribution in [2.75, 3.05) is 16.8 Å².